The van der Waals surface area contributed by atoms with E-state index in [-0.39, 0.29) is 11.8 Å². The maximum Gasteiger partial charge on any atom is 0.347 e. The number of ether oxygens (including phenoxy) is 1. The summed E-state index contributed by atoms with van der Waals surface area (Å²) in [5.41, 5.74) is 1.20. The highest BCUT2D eigenvalue weighted by atomic mass is 16.5. The smallest absolute Gasteiger partial charge is 0.347 e. The summed E-state index contributed by atoms with van der Waals surface area (Å²) in [4.78, 5) is 34.7. The number of fused-ring (bicyclic) bond motifs is 2. The molecule has 0 fully saturated rings. The molecular formula is C40H48N2O5. The number of unbranched alkanes of at least 4 members (excludes halogenated alkanes) is 15. The summed E-state index contributed by atoms with van der Waals surface area (Å²) in [6.07, 6.45) is 21.0. The molecule has 0 saturated carbocycles. The Morgan fingerprint density at radius 1 is 0.532 bits per heavy atom. The Kier molecular flexibility index (Phi) is 13.2. The van der Waals surface area contributed by atoms with Gasteiger partial charge in [-0.25, -0.2) is 19.6 Å². The fourth-order valence-corrected chi connectivity index (χ4v) is 6.05. The summed E-state index contributed by atoms with van der Waals surface area (Å²) < 4.78 is 17.4. The first-order valence-electron chi connectivity index (χ1n) is 17.7. The van der Waals surface area contributed by atoms with Crippen molar-refractivity contribution in [3.8, 4) is 28.7 Å². The number of hydrogen-bond donors (Lipinski definition) is 0. The van der Waals surface area contributed by atoms with Gasteiger partial charge in [-0.2, -0.15) is 0 Å². The standard InChI is InChI=1S/C40H48N2O5/c1-2-3-4-5-6-7-8-9-10-11-12-13-14-15-16-21-26-45-32-28-30(37-41-35-24-19-17-22-33(35)39(43)46-37)27-31(29-32)38-42-36-25-20-18-23-34(36)40(44)47-38/h17-20,22-25,27-29H,2-16,21,26H2,1H3. The van der Waals surface area contributed by atoms with Crippen molar-refractivity contribution >= 4 is 21.8 Å². The Labute approximate surface area is 277 Å². The minimum absolute atomic E-state index is 0.158. The molecule has 0 amide bonds. The van der Waals surface area contributed by atoms with Crippen molar-refractivity contribution in [2.75, 3.05) is 6.61 Å². The van der Waals surface area contributed by atoms with Gasteiger partial charge in [-0.3, -0.25) is 0 Å². The zero-order valence-electron chi connectivity index (χ0n) is 27.8. The molecule has 7 nitrogen and oxygen atoms in total. The number of aromatic nitrogens is 2. The molecule has 7 heteroatoms. The monoisotopic (exact) mass is 636 g/mol. The molecular weight excluding hydrogens is 588 g/mol. The van der Waals surface area contributed by atoms with E-state index in [4.69, 9.17) is 13.6 Å². The molecule has 0 aliphatic rings. The Morgan fingerprint density at radius 3 is 1.38 bits per heavy atom. The molecule has 5 rings (SSSR count). The van der Waals surface area contributed by atoms with Gasteiger partial charge in [0.25, 0.3) is 0 Å². The van der Waals surface area contributed by atoms with E-state index in [9.17, 15) is 9.59 Å². The van der Waals surface area contributed by atoms with E-state index in [2.05, 4.69) is 16.9 Å². The summed E-state index contributed by atoms with van der Waals surface area (Å²) in [7, 11) is 0. The van der Waals surface area contributed by atoms with Gasteiger partial charge in [0, 0.05) is 11.1 Å². The summed E-state index contributed by atoms with van der Waals surface area (Å²) >= 11 is 0. The van der Waals surface area contributed by atoms with E-state index in [0.717, 1.165) is 12.8 Å². The third-order valence-corrected chi connectivity index (χ3v) is 8.74. The maximum atomic E-state index is 12.7. The van der Waals surface area contributed by atoms with Crippen LogP contribution >= 0.6 is 0 Å². The quantitative estimate of drug-likeness (QED) is 0.0784. The van der Waals surface area contributed by atoms with Gasteiger partial charge < -0.3 is 13.6 Å². The topological polar surface area (TPSA) is 95.4 Å². The molecule has 0 unspecified atom stereocenters. The Morgan fingerprint density at radius 2 is 0.936 bits per heavy atom. The largest absolute Gasteiger partial charge is 0.494 e. The lowest BCUT2D eigenvalue weighted by Gasteiger charge is -2.11. The molecule has 2 aromatic heterocycles. The second kappa shape index (κ2) is 18.2. The van der Waals surface area contributed by atoms with Crippen LogP contribution in [-0.2, 0) is 0 Å². The first-order valence-corrected chi connectivity index (χ1v) is 17.7. The molecule has 0 N–H and O–H groups in total. The molecule has 0 aliphatic heterocycles. The zero-order valence-corrected chi connectivity index (χ0v) is 27.8. The van der Waals surface area contributed by atoms with Crippen molar-refractivity contribution in [1.82, 2.24) is 9.97 Å². The van der Waals surface area contributed by atoms with Crippen LogP contribution in [0.1, 0.15) is 110 Å². The molecule has 3 aromatic carbocycles. The van der Waals surface area contributed by atoms with Crippen LogP contribution in [-0.4, -0.2) is 16.6 Å². The lowest BCUT2D eigenvalue weighted by Crippen LogP contribution is -2.04. The Balaban J connectivity index is 1.14. The van der Waals surface area contributed by atoms with Gasteiger partial charge in [0.2, 0.25) is 11.8 Å². The van der Waals surface area contributed by atoms with Crippen LogP contribution < -0.4 is 16.0 Å². The fraction of sp³-hybridized carbons (Fsp3) is 0.450. The SMILES string of the molecule is CCCCCCCCCCCCCCCCCCOc1cc(-c2nc3ccccc3c(=O)o2)cc(-c2nc3ccccc3c(=O)o2)c1. The van der Waals surface area contributed by atoms with Crippen molar-refractivity contribution in [3.05, 3.63) is 87.6 Å². The summed E-state index contributed by atoms with van der Waals surface area (Å²) in [6, 6.07) is 19.5. The van der Waals surface area contributed by atoms with Crippen molar-refractivity contribution in [3.63, 3.8) is 0 Å². The molecule has 47 heavy (non-hydrogen) atoms. The minimum atomic E-state index is -0.470. The summed E-state index contributed by atoms with van der Waals surface area (Å²) in [6.45, 7) is 2.82. The van der Waals surface area contributed by atoms with E-state index >= 15 is 0 Å². The van der Waals surface area contributed by atoms with Crippen molar-refractivity contribution in [2.45, 2.75) is 110 Å². The second-order valence-electron chi connectivity index (χ2n) is 12.5. The highest BCUT2D eigenvalue weighted by molar-refractivity contribution is 5.80. The number of para-hydroxylation sites is 2. The predicted octanol–water partition coefficient (Wildman–Crippen LogP) is 10.7. The highest BCUT2D eigenvalue weighted by Gasteiger charge is 2.15. The van der Waals surface area contributed by atoms with Crippen LogP contribution in [0.4, 0.5) is 0 Å². The zero-order chi connectivity index (χ0) is 32.7. The average molecular weight is 637 g/mol. The molecule has 0 aliphatic carbocycles. The lowest BCUT2D eigenvalue weighted by molar-refractivity contribution is 0.304. The molecule has 2 heterocycles. The van der Waals surface area contributed by atoms with Crippen LogP contribution in [0.3, 0.4) is 0 Å². The van der Waals surface area contributed by atoms with Crippen LogP contribution in [0.5, 0.6) is 5.75 Å². The predicted molar refractivity (Wildman–Crippen MR) is 190 cm³/mol. The third kappa shape index (κ3) is 10.1. The molecule has 0 atom stereocenters. The molecule has 248 valence electrons. The highest BCUT2D eigenvalue weighted by Crippen LogP contribution is 2.31. The molecule has 0 radical (unpaired) electrons. The fourth-order valence-electron chi connectivity index (χ4n) is 6.05. The van der Waals surface area contributed by atoms with Gasteiger partial charge in [0.15, 0.2) is 0 Å². The van der Waals surface area contributed by atoms with E-state index in [1.165, 1.54) is 89.9 Å². The van der Waals surface area contributed by atoms with Crippen LogP contribution in [0.15, 0.2) is 85.2 Å². The van der Waals surface area contributed by atoms with E-state index < -0.39 is 11.3 Å². The third-order valence-electron chi connectivity index (χ3n) is 8.74. The normalized spacial score (nSPS) is 11.4. The Bertz CT molecular complexity index is 1710. The van der Waals surface area contributed by atoms with Gasteiger partial charge >= 0.3 is 11.3 Å². The van der Waals surface area contributed by atoms with E-state index in [0.29, 0.717) is 45.3 Å². The second-order valence-corrected chi connectivity index (χ2v) is 12.5. The first kappa shape index (κ1) is 34.1. The van der Waals surface area contributed by atoms with Crippen molar-refractivity contribution in [1.29, 1.82) is 0 Å². The minimum Gasteiger partial charge on any atom is -0.494 e. The molecule has 5 aromatic rings. The average Bonchev–Trinajstić information content (AvgIpc) is 3.09. The number of rotatable bonds is 20. The van der Waals surface area contributed by atoms with Crippen LogP contribution in [0, 0.1) is 0 Å². The summed E-state index contributed by atoms with van der Waals surface area (Å²) in [5.74, 6) is 0.880. The van der Waals surface area contributed by atoms with Crippen molar-refractivity contribution in [2.24, 2.45) is 0 Å². The van der Waals surface area contributed by atoms with Gasteiger partial charge in [0.1, 0.15) is 5.75 Å². The molecule has 0 saturated heterocycles. The van der Waals surface area contributed by atoms with Gasteiger partial charge in [0.05, 0.1) is 28.4 Å². The molecule has 0 bridgehead atoms. The lowest BCUT2D eigenvalue weighted by atomic mass is 10.0. The Hall–Kier alpha value is -4.26. The van der Waals surface area contributed by atoms with Gasteiger partial charge in [-0.1, -0.05) is 128 Å². The number of benzene rings is 3. The van der Waals surface area contributed by atoms with Gasteiger partial charge in [-0.05, 0) is 48.9 Å². The molecule has 0 spiro atoms. The number of hydrogen-bond acceptors (Lipinski definition) is 7. The number of nitrogens with zero attached hydrogens (tertiary/aromatic N) is 2. The maximum absolute atomic E-state index is 12.7. The van der Waals surface area contributed by atoms with Gasteiger partial charge in [-0.15, -0.1) is 0 Å². The van der Waals surface area contributed by atoms with Crippen LogP contribution in [0.25, 0.3) is 44.7 Å². The van der Waals surface area contributed by atoms with Crippen LogP contribution in [0.2, 0.25) is 0 Å². The summed E-state index contributed by atoms with van der Waals surface area (Å²) in [5, 5.41) is 0.823. The van der Waals surface area contributed by atoms with E-state index in [1.54, 1.807) is 54.6 Å². The van der Waals surface area contributed by atoms with E-state index in [1.807, 2.05) is 12.1 Å². The van der Waals surface area contributed by atoms with Crippen molar-refractivity contribution < 1.29 is 13.6 Å². The first-order chi connectivity index (χ1) is 23.1.